The minimum Gasteiger partial charge on any atom is -0.329 e. The highest BCUT2D eigenvalue weighted by atomic mass is 15.2. The molecular weight excluding hydrogens is 208 g/mol. The molecule has 2 heteroatoms. The Morgan fingerprint density at radius 3 is 2.59 bits per heavy atom. The van der Waals surface area contributed by atoms with E-state index in [0.717, 1.165) is 12.5 Å². The van der Waals surface area contributed by atoms with Crippen LogP contribution in [0.5, 0.6) is 0 Å². The van der Waals surface area contributed by atoms with E-state index in [1.165, 1.54) is 51.6 Å². The second-order valence-corrected chi connectivity index (χ2v) is 7.13. The summed E-state index contributed by atoms with van der Waals surface area (Å²) in [5.41, 5.74) is 7.02. The van der Waals surface area contributed by atoms with E-state index >= 15 is 0 Å². The third-order valence-corrected chi connectivity index (χ3v) is 5.23. The van der Waals surface area contributed by atoms with Crippen LogP contribution in [0.1, 0.15) is 59.3 Å². The zero-order chi connectivity index (χ0) is 12.5. The maximum Gasteiger partial charge on any atom is 0.0334 e. The van der Waals surface area contributed by atoms with Gasteiger partial charge in [0.25, 0.3) is 0 Å². The molecule has 2 rings (SSSR count). The summed E-state index contributed by atoms with van der Waals surface area (Å²) in [6.45, 7) is 10.5. The summed E-state index contributed by atoms with van der Waals surface area (Å²) in [7, 11) is 0. The molecule has 0 radical (unpaired) electrons. The molecule has 17 heavy (non-hydrogen) atoms. The highest BCUT2D eigenvalue weighted by molar-refractivity contribution is 5.00. The van der Waals surface area contributed by atoms with Crippen LogP contribution >= 0.6 is 0 Å². The molecule has 2 nitrogen and oxygen atoms in total. The molecule has 2 fully saturated rings. The number of nitrogens with two attached hydrogens (primary N) is 1. The summed E-state index contributed by atoms with van der Waals surface area (Å²) in [6, 6.07) is 0. The third-order valence-electron chi connectivity index (χ3n) is 5.23. The van der Waals surface area contributed by atoms with Crippen molar-refractivity contribution in [1.29, 1.82) is 0 Å². The Morgan fingerprint density at radius 1 is 1.29 bits per heavy atom. The molecule has 100 valence electrons. The number of likely N-dealkylation sites (tertiary alicyclic amines) is 1. The molecule has 0 aromatic heterocycles. The van der Waals surface area contributed by atoms with Crippen LogP contribution in [0.3, 0.4) is 0 Å². The number of hydrogen-bond acceptors (Lipinski definition) is 2. The topological polar surface area (TPSA) is 29.3 Å². The fourth-order valence-corrected chi connectivity index (χ4v) is 3.93. The van der Waals surface area contributed by atoms with E-state index in [9.17, 15) is 0 Å². The Balaban J connectivity index is 2.09. The lowest BCUT2D eigenvalue weighted by Crippen LogP contribution is -2.55. The summed E-state index contributed by atoms with van der Waals surface area (Å²) >= 11 is 0. The zero-order valence-corrected chi connectivity index (χ0v) is 12.0. The van der Waals surface area contributed by atoms with Gasteiger partial charge in [-0.3, -0.25) is 4.90 Å². The summed E-state index contributed by atoms with van der Waals surface area (Å²) in [6.07, 6.45) is 8.15. The first-order valence-electron chi connectivity index (χ1n) is 7.46. The second kappa shape index (κ2) is 4.89. The van der Waals surface area contributed by atoms with Crippen molar-refractivity contribution < 1.29 is 0 Å². The van der Waals surface area contributed by atoms with Gasteiger partial charge in [0.15, 0.2) is 0 Å². The SMILES string of the molecule is CCC1CCCC(CN)(N2CCC(C)(C)C2)C1. The molecule has 2 aliphatic rings. The van der Waals surface area contributed by atoms with E-state index in [-0.39, 0.29) is 0 Å². The molecule has 0 amide bonds. The molecule has 1 aliphatic heterocycles. The molecule has 1 saturated carbocycles. The van der Waals surface area contributed by atoms with Gasteiger partial charge in [-0.05, 0) is 37.1 Å². The summed E-state index contributed by atoms with van der Waals surface area (Å²) in [4.78, 5) is 2.73. The van der Waals surface area contributed by atoms with E-state index in [1.54, 1.807) is 0 Å². The van der Waals surface area contributed by atoms with Crippen molar-refractivity contribution in [1.82, 2.24) is 4.90 Å². The monoisotopic (exact) mass is 238 g/mol. The molecule has 0 bridgehead atoms. The molecule has 1 aliphatic carbocycles. The first-order valence-corrected chi connectivity index (χ1v) is 7.46. The van der Waals surface area contributed by atoms with E-state index in [0.29, 0.717) is 11.0 Å². The Kier molecular flexibility index (Phi) is 3.84. The van der Waals surface area contributed by atoms with Crippen molar-refractivity contribution in [3.63, 3.8) is 0 Å². The molecule has 2 unspecified atom stereocenters. The lowest BCUT2D eigenvalue weighted by atomic mass is 9.73. The number of rotatable bonds is 3. The van der Waals surface area contributed by atoms with Crippen LogP contribution in [-0.2, 0) is 0 Å². The van der Waals surface area contributed by atoms with Crippen LogP contribution < -0.4 is 5.73 Å². The highest BCUT2D eigenvalue weighted by Crippen LogP contribution is 2.42. The van der Waals surface area contributed by atoms with Gasteiger partial charge in [-0.15, -0.1) is 0 Å². The maximum absolute atomic E-state index is 6.18. The minimum absolute atomic E-state index is 0.340. The van der Waals surface area contributed by atoms with E-state index in [1.807, 2.05) is 0 Å². The zero-order valence-electron chi connectivity index (χ0n) is 12.0. The van der Waals surface area contributed by atoms with Crippen LogP contribution in [0.4, 0.5) is 0 Å². The molecular formula is C15H30N2. The van der Waals surface area contributed by atoms with Gasteiger partial charge in [-0.2, -0.15) is 0 Å². The van der Waals surface area contributed by atoms with Crippen LogP contribution in [0.15, 0.2) is 0 Å². The van der Waals surface area contributed by atoms with Crippen molar-refractivity contribution in [2.75, 3.05) is 19.6 Å². The first-order chi connectivity index (χ1) is 8.01. The Morgan fingerprint density at radius 2 is 2.06 bits per heavy atom. The van der Waals surface area contributed by atoms with Crippen LogP contribution in [0, 0.1) is 11.3 Å². The molecule has 0 spiro atoms. The van der Waals surface area contributed by atoms with Gasteiger partial charge in [0.2, 0.25) is 0 Å². The van der Waals surface area contributed by atoms with Crippen molar-refractivity contribution in [2.45, 2.75) is 64.8 Å². The van der Waals surface area contributed by atoms with E-state index in [4.69, 9.17) is 5.73 Å². The average molecular weight is 238 g/mol. The maximum atomic E-state index is 6.18. The van der Waals surface area contributed by atoms with Crippen molar-refractivity contribution in [3.05, 3.63) is 0 Å². The summed E-state index contributed by atoms with van der Waals surface area (Å²) in [5.74, 6) is 0.913. The molecule has 0 aromatic carbocycles. The predicted octanol–water partition coefficient (Wildman–Crippen LogP) is 3.02. The lowest BCUT2D eigenvalue weighted by molar-refractivity contribution is 0.0470. The molecule has 0 aromatic rings. The average Bonchev–Trinajstić information content (AvgIpc) is 2.70. The quantitative estimate of drug-likeness (QED) is 0.819. The van der Waals surface area contributed by atoms with Gasteiger partial charge in [-0.25, -0.2) is 0 Å². The van der Waals surface area contributed by atoms with Gasteiger partial charge >= 0.3 is 0 Å². The molecule has 1 saturated heterocycles. The standard InChI is InChI=1S/C15H30N2/c1-4-13-6-5-7-15(10-13,11-16)17-9-8-14(2,3)12-17/h13H,4-12,16H2,1-3H3. The van der Waals surface area contributed by atoms with Gasteiger partial charge in [0, 0.05) is 18.6 Å². The lowest BCUT2D eigenvalue weighted by Gasteiger charge is -2.47. The first kappa shape index (κ1) is 13.4. The summed E-state index contributed by atoms with van der Waals surface area (Å²) < 4.78 is 0. The normalized spacial score (nSPS) is 38.5. The van der Waals surface area contributed by atoms with Crippen molar-refractivity contribution in [3.8, 4) is 0 Å². The number of nitrogens with zero attached hydrogens (tertiary/aromatic N) is 1. The van der Waals surface area contributed by atoms with Gasteiger partial charge in [-0.1, -0.05) is 40.0 Å². The second-order valence-electron chi connectivity index (χ2n) is 7.13. The minimum atomic E-state index is 0.340. The molecule has 2 atom stereocenters. The fourth-order valence-electron chi connectivity index (χ4n) is 3.93. The van der Waals surface area contributed by atoms with Gasteiger partial charge < -0.3 is 5.73 Å². The van der Waals surface area contributed by atoms with Crippen molar-refractivity contribution >= 4 is 0 Å². The van der Waals surface area contributed by atoms with Crippen LogP contribution in [0.2, 0.25) is 0 Å². The summed E-state index contributed by atoms with van der Waals surface area (Å²) in [5, 5.41) is 0. The Bertz CT molecular complexity index is 262. The molecule has 2 N–H and O–H groups in total. The number of hydrogen-bond donors (Lipinski definition) is 1. The van der Waals surface area contributed by atoms with Gasteiger partial charge in [0.05, 0.1) is 0 Å². The van der Waals surface area contributed by atoms with Crippen LogP contribution in [0.25, 0.3) is 0 Å². The smallest absolute Gasteiger partial charge is 0.0334 e. The Hall–Kier alpha value is -0.0800. The van der Waals surface area contributed by atoms with Crippen molar-refractivity contribution in [2.24, 2.45) is 17.1 Å². The predicted molar refractivity (Wildman–Crippen MR) is 74.0 cm³/mol. The largest absolute Gasteiger partial charge is 0.329 e. The molecule has 1 heterocycles. The van der Waals surface area contributed by atoms with Gasteiger partial charge in [0.1, 0.15) is 0 Å². The Labute approximate surface area is 107 Å². The van der Waals surface area contributed by atoms with Crippen LogP contribution in [-0.4, -0.2) is 30.1 Å². The van der Waals surface area contributed by atoms with E-state index < -0.39 is 0 Å². The third kappa shape index (κ3) is 2.68. The van der Waals surface area contributed by atoms with E-state index in [2.05, 4.69) is 25.7 Å². The highest BCUT2D eigenvalue weighted by Gasteiger charge is 2.44. The fraction of sp³-hybridized carbons (Fsp3) is 1.00.